The summed E-state index contributed by atoms with van der Waals surface area (Å²) in [6.07, 6.45) is 0. The molecule has 3 aromatic rings. The summed E-state index contributed by atoms with van der Waals surface area (Å²) in [4.78, 5) is 4.53. The van der Waals surface area contributed by atoms with E-state index in [1.54, 1.807) is 4.52 Å². The Morgan fingerprint density at radius 3 is 2.58 bits per heavy atom. The van der Waals surface area contributed by atoms with Crippen molar-refractivity contribution in [3.63, 3.8) is 0 Å². The second-order valence-corrected chi connectivity index (χ2v) is 5.09. The van der Waals surface area contributed by atoms with Gasteiger partial charge in [0.2, 0.25) is 0 Å². The molecule has 0 fully saturated rings. The third kappa shape index (κ3) is 1.90. The van der Waals surface area contributed by atoms with Gasteiger partial charge in [-0.25, -0.2) is 9.50 Å². The normalized spacial score (nSPS) is 11.2. The van der Waals surface area contributed by atoms with Crippen molar-refractivity contribution in [1.82, 2.24) is 14.6 Å². The molecule has 0 unspecified atom stereocenters. The second-order valence-electron chi connectivity index (χ2n) is 4.73. The summed E-state index contributed by atoms with van der Waals surface area (Å²) >= 11 is 6.33. The van der Waals surface area contributed by atoms with Gasteiger partial charge in [-0.15, -0.1) is 0 Å². The smallest absolute Gasteiger partial charge is 0.157 e. The monoisotopic (exact) mass is 271 g/mol. The minimum absolute atomic E-state index is 0.627. The molecule has 0 spiro atoms. The number of hydrogen-bond acceptors (Lipinski definition) is 2. The summed E-state index contributed by atoms with van der Waals surface area (Å²) in [6.45, 7) is 5.99. The van der Waals surface area contributed by atoms with Crippen LogP contribution in [0.25, 0.3) is 16.9 Å². The third-order valence-corrected chi connectivity index (χ3v) is 3.88. The Kier molecular flexibility index (Phi) is 2.79. The molecule has 0 atom stereocenters. The average molecular weight is 272 g/mol. The molecule has 0 radical (unpaired) electrons. The molecule has 0 saturated carbocycles. The standard InChI is InChI=1S/C15H14ClN3/c1-9-6-4-5-7-12(9)13-8-14-17-11(3)10(2)15(16)19(14)18-13/h4-8H,1-3H3. The molecule has 2 aromatic heterocycles. The van der Waals surface area contributed by atoms with Crippen LogP contribution in [0.1, 0.15) is 16.8 Å². The zero-order chi connectivity index (χ0) is 13.6. The minimum atomic E-state index is 0.627. The van der Waals surface area contributed by atoms with Crippen molar-refractivity contribution < 1.29 is 0 Å². The molecule has 0 aliphatic rings. The number of rotatable bonds is 1. The molecule has 4 heteroatoms. The molecule has 96 valence electrons. The zero-order valence-electron chi connectivity index (χ0n) is 11.1. The first-order chi connectivity index (χ1) is 9.08. The Bertz CT molecular complexity index is 774. The zero-order valence-corrected chi connectivity index (χ0v) is 11.9. The summed E-state index contributed by atoms with van der Waals surface area (Å²) in [5.74, 6) is 0. The molecule has 0 bridgehead atoms. The molecule has 2 heterocycles. The van der Waals surface area contributed by atoms with Gasteiger partial charge in [-0.3, -0.25) is 0 Å². The molecule has 19 heavy (non-hydrogen) atoms. The van der Waals surface area contributed by atoms with Gasteiger partial charge in [-0.2, -0.15) is 5.10 Å². The van der Waals surface area contributed by atoms with Crippen LogP contribution in [-0.4, -0.2) is 14.6 Å². The molecular formula is C15H14ClN3. The molecular weight excluding hydrogens is 258 g/mol. The molecule has 0 amide bonds. The second kappa shape index (κ2) is 4.35. The molecule has 0 aliphatic carbocycles. The molecule has 0 aliphatic heterocycles. The highest BCUT2D eigenvalue weighted by atomic mass is 35.5. The van der Waals surface area contributed by atoms with E-state index in [1.807, 2.05) is 32.0 Å². The predicted octanol–water partition coefficient (Wildman–Crippen LogP) is 3.97. The van der Waals surface area contributed by atoms with Crippen molar-refractivity contribution in [3.05, 3.63) is 52.3 Å². The van der Waals surface area contributed by atoms with Crippen LogP contribution < -0.4 is 0 Å². The van der Waals surface area contributed by atoms with E-state index in [1.165, 1.54) is 5.56 Å². The van der Waals surface area contributed by atoms with E-state index < -0.39 is 0 Å². The molecule has 0 N–H and O–H groups in total. The van der Waals surface area contributed by atoms with Crippen LogP contribution in [0.5, 0.6) is 0 Å². The lowest BCUT2D eigenvalue weighted by Gasteiger charge is -2.03. The average Bonchev–Trinajstić information content (AvgIpc) is 2.80. The number of fused-ring (bicyclic) bond motifs is 1. The van der Waals surface area contributed by atoms with Crippen molar-refractivity contribution >= 4 is 17.2 Å². The van der Waals surface area contributed by atoms with Gasteiger partial charge >= 0.3 is 0 Å². The number of halogens is 1. The van der Waals surface area contributed by atoms with E-state index in [4.69, 9.17) is 11.6 Å². The van der Waals surface area contributed by atoms with Crippen LogP contribution in [0.15, 0.2) is 30.3 Å². The first kappa shape index (κ1) is 12.2. The van der Waals surface area contributed by atoms with E-state index in [9.17, 15) is 0 Å². The van der Waals surface area contributed by atoms with E-state index in [0.29, 0.717) is 5.15 Å². The Balaban J connectivity index is 2.29. The summed E-state index contributed by atoms with van der Waals surface area (Å²) < 4.78 is 1.70. The van der Waals surface area contributed by atoms with E-state index in [-0.39, 0.29) is 0 Å². The maximum absolute atomic E-state index is 6.33. The van der Waals surface area contributed by atoms with E-state index in [2.05, 4.69) is 29.1 Å². The van der Waals surface area contributed by atoms with Crippen LogP contribution in [0.2, 0.25) is 5.15 Å². The topological polar surface area (TPSA) is 30.2 Å². The highest BCUT2D eigenvalue weighted by Gasteiger charge is 2.12. The van der Waals surface area contributed by atoms with Gasteiger partial charge in [0.25, 0.3) is 0 Å². The van der Waals surface area contributed by atoms with Crippen LogP contribution in [0.3, 0.4) is 0 Å². The SMILES string of the molecule is Cc1ccccc1-c1cc2nc(C)c(C)c(Cl)n2n1. The predicted molar refractivity (Wildman–Crippen MR) is 77.6 cm³/mol. The highest BCUT2D eigenvalue weighted by molar-refractivity contribution is 6.30. The third-order valence-electron chi connectivity index (χ3n) is 3.43. The van der Waals surface area contributed by atoms with Gasteiger partial charge < -0.3 is 0 Å². The Morgan fingerprint density at radius 2 is 1.84 bits per heavy atom. The summed E-state index contributed by atoms with van der Waals surface area (Å²) in [5, 5.41) is 5.19. The lowest BCUT2D eigenvalue weighted by atomic mass is 10.1. The minimum Gasteiger partial charge on any atom is -0.233 e. The van der Waals surface area contributed by atoms with Crippen molar-refractivity contribution in [2.24, 2.45) is 0 Å². The van der Waals surface area contributed by atoms with Crippen LogP contribution in [-0.2, 0) is 0 Å². The van der Waals surface area contributed by atoms with Gasteiger partial charge in [0.1, 0.15) is 5.15 Å². The quantitative estimate of drug-likeness (QED) is 0.627. The van der Waals surface area contributed by atoms with E-state index >= 15 is 0 Å². The van der Waals surface area contributed by atoms with Gasteiger partial charge in [-0.05, 0) is 26.3 Å². The molecule has 1 aromatic carbocycles. The van der Waals surface area contributed by atoms with Gasteiger partial charge in [0, 0.05) is 22.9 Å². The maximum atomic E-state index is 6.33. The van der Waals surface area contributed by atoms with Crippen molar-refractivity contribution in [1.29, 1.82) is 0 Å². The largest absolute Gasteiger partial charge is 0.233 e. The Morgan fingerprint density at radius 1 is 1.11 bits per heavy atom. The van der Waals surface area contributed by atoms with Crippen LogP contribution in [0.4, 0.5) is 0 Å². The summed E-state index contributed by atoms with van der Waals surface area (Å²) in [6, 6.07) is 10.1. The van der Waals surface area contributed by atoms with E-state index in [0.717, 1.165) is 28.2 Å². The molecule has 3 rings (SSSR count). The van der Waals surface area contributed by atoms with Gasteiger partial charge in [0.05, 0.1) is 5.69 Å². The molecule has 3 nitrogen and oxygen atoms in total. The Hall–Kier alpha value is -1.87. The maximum Gasteiger partial charge on any atom is 0.157 e. The van der Waals surface area contributed by atoms with Gasteiger partial charge in [-0.1, -0.05) is 35.9 Å². The number of benzene rings is 1. The fraction of sp³-hybridized carbons (Fsp3) is 0.200. The fourth-order valence-electron chi connectivity index (χ4n) is 2.15. The first-order valence-corrected chi connectivity index (χ1v) is 6.54. The number of hydrogen-bond donors (Lipinski definition) is 0. The van der Waals surface area contributed by atoms with Crippen LogP contribution in [0, 0.1) is 20.8 Å². The number of aromatic nitrogens is 3. The van der Waals surface area contributed by atoms with Gasteiger partial charge in [0.15, 0.2) is 5.65 Å². The lowest BCUT2D eigenvalue weighted by Crippen LogP contribution is -1.98. The van der Waals surface area contributed by atoms with Crippen molar-refractivity contribution in [2.75, 3.05) is 0 Å². The Labute approximate surface area is 116 Å². The summed E-state index contributed by atoms with van der Waals surface area (Å²) in [5.41, 5.74) is 5.89. The van der Waals surface area contributed by atoms with Crippen molar-refractivity contribution in [3.8, 4) is 11.3 Å². The first-order valence-electron chi connectivity index (χ1n) is 6.16. The highest BCUT2D eigenvalue weighted by Crippen LogP contribution is 2.26. The molecule has 0 saturated heterocycles. The number of aryl methyl sites for hydroxylation is 2. The van der Waals surface area contributed by atoms with Crippen molar-refractivity contribution in [2.45, 2.75) is 20.8 Å². The number of nitrogens with zero attached hydrogens (tertiary/aromatic N) is 3. The lowest BCUT2D eigenvalue weighted by molar-refractivity contribution is 0.919. The fourth-order valence-corrected chi connectivity index (χ4v) is 2.41. The summed E-state index contributed by atoms with van der Waals surface area (Å²) in [7, 11) is 0. The van der Waals surface area contributed by atoms with Crippen LogP contribution >= 0.6 is 11.6 Å².